The highest BCUT2D eigenvalue weighted by atomic mass is 127. The van der Waals surface area contributed by atoms with Crippen LogP contribution in [0.25, 0.3) is 0 Å². The minimum atomic E-state index is -3.96. The van der Waals surface area contributed by atoms with Crippen molar-refractivity contribution in [2.24, 2.45) is 5.92 Å². The van der Waals surface area contributed by atoms with Crippen molar-refractivity contribution in [1.82, 2.24) is 4.90 Å². The van der Waals surface area contributed by atoms with Gasteiger partial charge in [0.05, 0.1) is 5.92 Å². The van der Waals surface area contributed by atoms with Crippen molar-refractivity contribution in [2.45, 2.75) is 35.4 Å². The topological polar surface area (TPSA) is 3.24 Å². The van der Waals surface area contributed by atoms with Crippen molar-refractivity contribution in [2.75, 3.05) is 7.05 Å². The lowest BCUT2D eigenvalue weighted by atomic mass is 9.85. The third kappa shape index (κ3) is 1.98. The third-order valence-corrected chi connectivity index (χ3v) is 6.56. The Morgan fingerprint density at radius 1 is 1.36 bits per heavy atom. The molecule has 1 saturated carbocycles. The van der Waals surface area contributed by atoms with Crippen LogP contribution in [0.15, 0.2) is 0 Å². The first-order valence-corrected chi connectivity index (χ1v) is 7.21. The molecule has 2 rings (SSSR count). The molecule has 3 atom stereocenters. The summed E-state index contributed by atoms with van der Waals surface area (Å²) in [5, 5.41) is 0. The van der Waals surface area contributed by atoms with E-state index >= 15 is 0 Å². The zero-order chi connectivity index (χ0) is 10.3. The van der Waals surface area contributed by atoms with Gasteiger partial charge in [0.2, 0.25) is 0 Å². The van der Waals surface area contributed by atoms with Crippen LogP contribution in [-0.4, -0.2) is 32.2 Å². The Morgan fingerprint density at radius 2 is 2.07 bits per heavy atom. The summed E-state index contributed by atoms with van der Waals surface area (Å²) in [5.74, 6) is -1.02. The number of alkyl halides is 4. The number of fused-ring (bicyclic) bond motifs is 1. The molecule has 3 unspecified atom stereocenters. The number of nitrogens with zero attached hydrogens (tertiary/aromatic N) is 1. The largest absolute Gasteiger partial charge is 0.391 e. The fourth-order valence-electron chi connectivity index (χ4n) is 2.22. The molecule has 5 heteroatoms. The van der Waals surface area contributed by atoms with Crippen LogP contribution in [0.5, 0.6) is 0 Å². The van der Waals surface area contributed by atoms with Gasteiger partial charge < -0.3 is 0 Å². The van der Waals surface area contributed by atoms with Crippen LogP contribution in [0.2, 0.25) is 0 Å². The monoisotopic (exact) mass is 319 g/mol. The summed E-state index contributed by atoms with van der Waals surface area (Å²) in [6.45, 7) is 0. The summed E-state index contributed by atoms with van der Waals surface area (Å²) in [5.41, 5.74) is 0. The minimum Gasteiger partial charge on any atom is -0.276 e. The molecular formula is C9H13F3IN. The highest BCUT2D eigenvalue weighted by Gasteiger charge is 2.46. The fraction of sp³-hybridized carbons (Fsp3) is 0.889. The fourth-order valence-corrected chi connectivity index (χ4v) is 5.81. The molecule has 1 heterocycles. The Kier molecular flexibility index (Phi) is 2.90. The van der Waals surface area contributed by atoms with Crippen molar-refractivity contribution >= 4 is 24.9 Å². The summed E-state index contributed by atoms with van der Waals surface area (Å²) < 4.78 is 39.9. The van der Waals surface area contributed by atoms with Crippen LogP contribution in [0.1, 0.15) is 19.3 Å². The second-order valence-electron chi connectivity index (χ2n) is 4.02. The van der Waals surface area contributed by atoms with Gasteiger partial charge in [0.15, 0.2) is 0 Å². The zero-order valence-electron chi connectivity index (χ0n) is 7.89. The van der Waals surface area contributed by atoms with Crippen LogP contribution >= 0.6 is 20.7 Å². The van der Waals surface area contributed by atoms with E-state index in [9.17, 15) is 13.2 Å². The molecule has 0 bridgehead atoms. The van der Waals surface area contributed by atoms with Gasteiger partial charge >= 0.3 is 6.18 Å². The van der Waals surface area contributed by atoms with Gasteiger partial charge in [-0.3, -0.25) is 4.90 Å². The molecule has 1 fully saturated rings. The lowest BCUT2D eigenvalue weighted by Crippen LogP contribution is -2.41. The Hall–Kier alpha value is 0.350. The lowest BCUT2D eigenvalue weighted by molar-refractivity contribution is -0.182. The molecule has 0 radical (unpaired) electrons. The van der Waals surface area contributed by atoms with Crippen molar-refractivity contribution in [1.29, 1.82) is 0 Å². The van der Waals surface area contributed by atoms with Crippen molar-refractivity contribution in [3.8, 4) is 0 Å². The van der Waals surface area contributed by atoms with Crippen molar-refractivity contribution in [3.63, 3.8) is 0 Å². The van der Waals surface area contributed by atoms with E-state index in [1.165, 1.54) is 0 Å². The summed E-state index contributed by atoms with van der Waals surface area (Å²) >= 11 is -0.134. The van der Waals surface area contributed by atoms with Crippen LogP contribution in [-0.2, 0) is 0 Å². The SMILES string of the molecule is CN1C=IC2CC(C(F)(F)F)CCC21. The Balaban J connectivity index is 2.03. The van der Waals surface area contributed by atoms with Gasteiger partial charge in [0.1, 0.15) is 0 Å². The Morgan fingerprint density at radius 3 is 2.71 bits per heavy atom. The van der Waals surface area contributed by atoms with Gasteiger partial charge in [-0.15, -0.1) is 20.7 Å². The zero-order valence-corrected chi connectivity index (χ0v) is 10.0. The summed E-state index contributed by atoms with van der Waals surface area (Å²) in [7, 11) is 2.00. The van der Waals surface area contributed by atoms with Crippen molar-refractivity contribution < 1.29 is 13.2 Å². The highest BCUT2D eigenvalue weighted by Crippen LogP contribution is 2.44. The maximum atomic E-state index is 12.5. The number of hydrogen-bond acceptors (Lipinski definition) is 1. The molecule has 0 aromatic heterocycles. The quantitative estimate of drug-likeness (QED) is 0.490. The van der Waals surface area contributed by atoms with Crippen molar-refractivity contribution in [3.05, 3.63) is 0 Å². The summed E-state index contributed by atoms with van der Waals surface area (Å²) in [6, 6.07) is 0.418. The maximum absolute atomic E-state index is 12.5. The molecule has 82 valence electrons. The average Bonchev–Trinajstić information content (AvgIpc) is 2.46. The molecule has 0 spiro atoms. The van der Waals surface area contributed by atoms with E-state index in [-0.39, 0.29) is 20.7 Å². The second kappa shape index (κ2) is 3.73. The molecule has 1 aliphatic heterocycles. The molecule has 0 N–H and O–H groups in total. The van der Waals surface area contributed by atoms with E-state index in [0.29, 0.717) is 22.8 Å². The van der Waals surface area contributed by atoms with Gasteiger partial charge in [0.25, 0.3) is 0 Å². The van der Waals surface area contributed by atoms with Crippen LogP contribution in [0.4, 0.5) is 13.2 Å². The predicted molar refractivity (Wildman–Crippen MR) is 58.8 cm³/mol. The van der Waals surface area contributed by atoms with Gasteiger partial charge in [0, 0.05) is 14.1 Å². The third-order valence-electron chi connectivity index (χ3n) is 3.10. The molecule has 2 aliphatic rings. The van der Waals surface area contributed by atoms with Crippen LogP contribution in [0, 0.1) is 5.92 Å². The van der Waals surface area contributed by atoms with E-state index in [1.807, 2.05) is 7.05 Å². The Bertz CT molecular complexity index is 251. The molecular weight excluding hydrogens is 306 g/mol. The van der Waals surface area contributed by atoms with E-state index in [4.69, 9.17) is 0 Å². The second-order valence-corrected chi connectivity index (χ2v) is 6.90. The first-order valence-electron chi connectivity index (χ1n) is 4.72. The first kappa shape index (κ1) is 10.9. The Labute approximate surface area is 91.4 Å². The van der Waals surface area contributed by atoms with Gasteiger partial charge in [-0.05, 0) is 26.3 Å². The number of halogens is 4. The van der Waals surface area contributed by atoms with Crippen LogP contribution < -0.4 is 0 Å². The average molecular weight is 319 g/mol. The maximum Gasteiger partial charge on any atom is 0.391 e. The van der Waals surface area contributed by atoms with Gasteiger partial charge in [-0.25, -0.2) is 0 Å². The van der Waals surface area contributed by atoms with Gasteiger partial charge in [-0.1, -0.05) is 0 Å². The molecule has 1 nitrogen and oxygen atoms in total. The summed E-state index contributed by atoms with van der Waals surface area (Å²) in [6.07, 6.45) is -2.54. The smallest absolute Gasteiger partial charge is 0.276 e. The molecule has 14 heavy (non-hydrogen) atoms. The summed E-state index contributed by atoms with van der Waals surface area (Å²) in [4.78, 5) is 2.14. The number of hydrogen-bond donors (Lipinski definition) is 0. The highest BCUT2D eigenvalue weighted by molar-refractivity contribution is 14.2. The standard InChI is InChI=1S/C9H13F3IN/c1-14-5-13-7-4-6(9(10,11)12)2-3-8(7)14/h5-8H,2-4H2,1H3. The predicted octanol–water partition coefficient (Wildman–Crippen LogP) is 2.76. The van der Waals surface area contributed by atoms with Gasteiger partial charge in [-0.2, -0.15) is 13.2 Å². The van der Waals surface area contributed by atoms with E-state index in [0.717, 1.165) is 6.42 Å². The molecule has 0 saturated heterocycles. The first-order chi connectivity index (χ1) is 6.48. The van der Waals surface area contributed by atoms with E-state index in [2.05, 4.69) is 9.04 Å². The normalized spacial score (nSPS) is 39.3. The lowest BCUT2D eigenvalue weighted by Gasteiger charge is -2.34. The minimum absolute atomic E-state index is 0.134. The molecule has 0 aromatic carbocycles. The van der Waals surface area contributed by atoms with E-state index < -0.39 is 12.1 Å². The molecule has 1 aliphatic carbocycles. The molecule has 0 amide bonds. The van der Waals surface area contributed by atoms with E-state index in [1.54, 1.807) is 0 Å². The number of rotatable bonds is 0. The van der Waals surface area contributed by atoms with Crippen LogP contribution in [0.3, 0.4) is 0 Å². The molecule has 0 aromatic rings.